The van der Waals surface area contributed by atoms with Gasteiger partial charge in [0, 0.05) is 18.0 Å². The molecule has 0 aliphatic rings. The van der Waals surface area contributed by atoms with Gasteiger partial charge < -0.3 is 4.42 Å². The molecule has 0 unspecified atom stereocenters. The molecule has 4 nitrogen and oxygen atoms in total. The van der Waals surface area contributed by atoms with Gasteiger partial charge in [0.05, 0.1) is 6.42 Å². The predicted octanol–water partition coefficient (Wildman–Crippen LogP) is 2.73. The lowest BCUT2D eigenvalue weighted by Gasteiger charge is -2.13. The Kier molecular flexibility index (Phi) is 2.73. The zero-order chi connectivity index (χ0) is 11.6. The van der Waals surface area contributed by atoms with Gasteiger partial charge in [0.2, 0.25) is 11.8 Å². The lowest BCUT2D eigenvalue weighted by atomic mass is 9.92. The molecule has 4 heteroatoms. The molecule has 0 N–H and O–H groups in total. The van der Waals surface area contributed by atoms with E-state index < -0.39 is 0 Å². The second-order valence-electron chi connectivity index (χ2n) is 4.69. The SMILES string of the molecule is CC(C)(C)[CH]c1nnc(-c2ccncc2)o1. The minimum atomic E-state index is 0.0298. The van der Waals surface area contributed by atoms with Crippen molar-refractivity contribution < 1.29 is 4.42 Å². The van der Waals surface area contributed by atoms with Crippen LogP contribution in [0.2, 0.25) is 0 Å². The standard InChI is InChI=1S/C12H14N3O/c1-12(2,3)8-10-14-15-11(16-10)9-4-6-13-7-5-9/h4-8H,1-3H3. The molecule has 2 aromatic rings. The fourth-order valence-corrected chi connectivity index (χ4v) is 1.27. The van der Waals surface area contributed by atoms with Crippen molar-refractivity contribution in [1.82, 2.24) is 15.2 Å². The molecule has 0 saturated heterocycles. The second kappa shape index (κ2) is 4.04. The molecule has 0 fully saturated rings. The van der Waals surface area contributed by atoms with Crippen LogP contribution in [0.5, 0.6) is 0 Å². The van der Waals surface area contributed by atoms with Crippen LogP contribution in [0.1, 0.15) is 26.7 Å². The summed E-state index contributed by atoms with van der Waals surface area (Å²) in [6, 6.07) is 3.68. The Hall–Kier alpha value is -1.71. The number of pyridine rings is 1. The molecule has 0 aromatic carbocycles. The van der Waals surface area contributed by atoms with Gasteiger partial charge in [-0.2, -0.15) is 0 Å². The van der Waals surface area contributed by atoms with Crippen LogP contribution in [0.3, 0.4) is 0 Å². The summed E-state index contributed by atoms with van der Waals surface area (Å²) in [7, 11) is 0. The van der Waals surface area contributed by atoms with Crippen LogP contribution < -0.4 is 0 Å². The smallest absolute Gasteiger partial charge is 0.247 e. The van der Waals surface area contributed by atoms with Crippen LogP contribution in [0.15, 0.2) is 28.9 Å². The first-order chi connectivity index (χ1) is 7.54. The molecule has 2 aromatic heterocycles. The summed E-state index contributed by atoms with van der Waals surface area (Å²) in [5.41, 5.74) is 0.915. The van der Waals surface area contributed by atoms with Gasteiger partial charge in [-0.15, -0.1) is 10.2 Å². The highest BCUT2D eigenvalue weighted by Crippen LogP contribution is 2.24. The Morgan fingerprint density at radius 2 is 1.81 bits per heavy atom. The van der Waals surface area contributed by atoms with E-state index in [1.54, 1.807) is 12.4 Å². The Morgan fingerprint density at radius 3 is 2.44 bits per heavy atom. The van der Waals surface area contributed by atoms with Crippen LogP contribution in [0, 0.1) is 11.8 Å². The summed E-state index contributed by atoms with van der Waals surface area (Å²) >= 11 is 0. The summed E-state index contributed by atoms with van der Waals surface area (Å²) in [6.45, 7) is 6.26. The molecular formula is C12H14N3O. The second-order valence-corrected chi connectivity index (χ2v) is 4.69. The molecule has 83 valence electrons. The lowest BCUT2D eigenvalue weighted by Crippen LogP contribution is -2.06. The average molecular weight is 216 g/mol. The molecule has 0 aliphatic carbocycles. The maximum absolute atomic E-state index is 5.54. The number of aromatic nitrogens is 3. The lowest BCUT2D eigenvalue weighted by molar-refractivity contribution is 0.447. The highest BCUT2D eigenvalue weighted by atomic mass is 16.4. The Balaban J connectivity index is 2.21. The minimum Gasteiger partial charge on any atom is -0.420 e. The van der Waals surface area contributed by atoms with E-state index in [0.29, 0.717) is 11.8 Å². The van der Waals surface area contributed by atoms with E-state index in [1.165, 1.54) is 0 Å². The normalized spacial score (nSPS) is 11.7. The molecule has 0 amide bonds. The Labute approximate surface area is 94.7 Å². The number of nitrogens with zero attached hydrogens (tertiary/aromatic N) is 3. The van der Waals surface area contributed by atoms with Crippen molar-refractivity contribution in [3.63, 3.8) is 0 Å². The Morgan fingerprint density at radius 1 is 1.12 bits per heavy atom. The third kappa shape index (κ3) is 2.66. The fourth-order valence-electron chi connectivity index (χ4n) is 1.27. The van der Waals surface area contributed by atoms with Gasteiger partial charge in [-0.1, -0.05) is 20.8 Å². The summed E-state index contributed by atoms with van der Waals surface area (Å²) in [5, 5.41) is 7.98. The average Bonchev–Trinajstić information content (AvgIpc) is 2.65. The topological polar surface area (TPSA) is 51.8 Å². The van der Waals surface area contributed by atoms with Gasteiger partial charge in [0.25, 0.3) is 0 Å². The van der Waals surface area contributed by atoms with Crippen LogP contribution in [-0.2, 0) is 0 Å². The van der Waals surface area contributed by atoms with Crippen molar-refractivity contribution in [2.75, 3.05) is 0 Å². The molecule has 0 atom stereocenters. The molecule has 0 spiro atoms. The van der Waals surface area contributed by atoms with Crippen molar-refractivity contribution in [3.05, 3.63) is 36.8 Å². The van der Waals surface area contributed by atoms with Crippen LogP contribution in [0.25, 0.3) is 11.5 Å². The third-order valence-electron chi connectivity index (χ3n) is 1.92. The van der Waals surface area contributed by atoms with E-state index in [0.717, 1.165) is 5.56 Å². The highest BCUT2D eigenvalue weighted by molar-refractivity contribution is 5.50. The first kappa shape index (κ1) is 10.8. The van der Waals surface area contributed by atoms with Crippen LogP contribution >= 0.6 is 0 Å². The summed E-state index contributed by atoms with van der Waals surface area (Å²) < 4.78 is 5.54. The minimum absolute atomic E-state index is 0.0298. The highest BCUT2D eigenvalue weighted by Gasteiger charge is 2.17. The molecule has 2 rings (SSSR count). The van der Waals surface area contributed by atoms with Crippen molar-refractivity contribution in [1.29, 1.82) is 0 Å². The molecule has 0 saturated carbocycles. The van der Waals surface area contributed by atoms with Crippen LogP contribution in [0.4, 0.5) is 0 Å². The van der Waals surface area contributed by atoms with Gasteiger partial charge in [0.1, 0.15) is 0 Å². The van der Waals surface area contributed by atoms with Gasteiger partial charge in [-0.3, -0.25) is 4.98 Å². The zero-order valence-electron chi connectivity index (χ0n) is 9.64. The number of rotatable bonds is 2. The molecule has 0 bridgehead atoms. The van der Waals surface area contributed by atoms with E-state index in [2.05, 4.69) is 36.0 Å². The summed E-state index contributed by atoms with van der Waals surface area (Å²) in [4.78, 5) is 3.94. The maximum atomic E-state index is 5.54. The van der Waals surface area contributed by atoms with Crippen molar-refractivity contribution in [3.8, 4) is 11.5 Å². The molecule has 1 radical (unpaired) electrons. The van der Waals surface area contributed by atoms with Gasteiger partial charge >= 0.3 is 0 Å². The molecule has 16 heavy (non-hydrogen) atoms. The van der Waals surface area contributed by atoms with Gasteiger partial charge in [0.15, 0.2) is 0 Å². The Bertz CT molecular complexity index is 457. The van der Waals surface area contributed by atoms with E-state index in [9.17, 15) is 0 Å². The van der Waals surface area contributed by atoms with E-state index in [4.69, 9.17) is 4.42 Å². The van der Waals surface area contributed by atoms with E-state index in [-0.39, 0.29) is 5.41 Å². The third-order valence-corrected chi connectivity index (χ3v) is 1.92. The number of hydrogen-bond donors (Lipinski definition) is 0. The first-order valence-corrected chi connectivity index (χ1v) is 5.14. The maximum Gasteiger partial charge on any atom is 0.247 e. The van der Waals surface area contributed by atoms with E-state index >= 15 is 0 Å². The fraction of sp³-hybridized carbons (Fsp3) is 0.333. The summed E-state index contributed by atoms with van der Waals surface area (Å²) in [6.07, 6.45) is 5.35. The van der Waals surface area contributed by atoms with Crippen molar-refractivity contribution >= 4 is 0 Å². The van der Waals surface area contributed by atoms with Gasteiger partial charge in [-0.25, -0.2) is 0 Å². The number of hydrogen-bond acceptors (Lipinski definition) is 4. The van der Waals surface area contributed by atoms with Crippen LogP contribution in [-0.4, -0.2) is 15.2 Å². The first-order valence-electron chi connectivity index (χ1n) is 5.14. The molecular weight excluding hydrogens is 202 g/mol. The monoisotopic (exact) mass is 216 g/mol. The van der Waals surface area contributed by atoms with Crippen molar-refractivity contribution in [2.24, 2.45) is 5.41 Å². The van der Waals surface area contributed by atoms with Crippen molar-refractivity contribution in [2.45, 2.75) is 20.8 Å². The summed E-state index contributed by atoms with van der Waals surface area (Å²) in [5.74, 6) is 1.08. The zero-order valence-corrected chi connectivity index (χ0v) is 9.64. The molecule has 2 heterocycles. The predicted molar refractivity (Wildman–Crippen MR) is 60.4 cm³/mol. The largest absolute Gasteiger partial charge is 0.420 e. The quantitative estimate of drug-likeness (QED) is 0.774. The van der Waals surface area contributed by atoms with Gasteiger partial charge in [-0.05, 0) is 17.5 Å². The molecule has 0 aliphatic heterocycles. The van der Waals surface area contributed by atoms with E-state index in [1.807, 2.05) is 18.6 Å².